The van der Waals surface area contributed by atoms with Gasteiger partial charge in [0, 0.05) is 23.5 Å². The van der Waals surface area contributed by atoms with Gasteiger partial charge in [-0.2, -0.15) is 5.10 Å². The van der Waals surface area contributed by atoms with Gasteiger partial charge in [-0.3, -0.25) is 5.43 Å². The van der Waals surface area contributed by atoms with E-state index < -0.39 is 0 Å². The largest absolute Gasteiger partial charge is 0.467 e. The van der Waals surface area contributed by atoms with Crippen molar-refractivity contribution in [1.29, 1.82) is 0 Å². The van der Waals surface area contributed by atoms with Gasteiger partial charge < -0.3 is 14.3 Å². The number of nitrogens with zero attached hydrogens (tertiary/aromatic N) is 2. The second-order valence-electron chi connectivity index (χ2n) is 5.47. The van der Waals surface area contributed by atoms with Crippen LogP contribution in [0.5, 0.6) is 0 Å². The molecule has 2 aromatic heterocycles. The Balaban J connectivity index is 1.95. The summed E-state index contributed by atoms with van der Waals surface area (Å²) in [4.78, 5) is 0. The summed E-state index contributed by atoms with van der Waals surface area (Å²) in [7, 11) is 0. The number of aromatic nitrogens is 1. The van der Waals surface area contributed by atoms with Gasteiger partial charge in [0.2, 0.25) is 0 Å². The van der Waals surface area contributed by atoms with E-state index in [4.69, 9.17) is 16.6 Å². The molecule has 0 saturated carbocycles. The van der Waals surface area contributed by atoms with Gasteiger partial charge >= 0.3 is 0 Å². The van der Waals surface area contributed by atoms with Crippen molar-refractivity contribution in [3.63, 3.8) is 0 Å². The zero-order chi connectivity index (χ0) is 16.7. The van der Waals surface area contributed by atoms with Crippen LogP contribution in [0.1, 0.15) is 42.5 Å². The normalized spacial score (nSPS) is 11.1. The van der Waals surface area contributed by atoms with Gasteiger partial charge in [0.1, 0.15) is 5.76 Å². The van der Waals surface area contributed by atoms with Crippen LogP contribution in [-0.2, 0) is 6.54 Å². The molecule has 0 bridgehead atoms. The number of unbranched alkanes of at least 4 members (excludes halogenated alkanes) is 1. The van der Waals surface area contributed by atoms with E-state index in [1.54, 1.807) is 12.5 Å². The quantitative estimate of drug-likeness (QED) is 0.353. The molecule has 0 aliphatic carbocycles. The summed E-state index contributed by atoms with van der Waals surface area (Å²) in [6, 6.07) is 5.99. The van der Waals surface area contributed by atoms with Crippen molar-refractivity contribution < 1.29 is 4.42 Å². The van der Waals surface area contributed by atoms with Crippen molar-refractivity contribution in [2.75, 3.05) is 6.54 Å². The number of thiocarbonyl (C=S) groups is 1. The van der Waals surface area contributed by atoms with Crippen molar-refractivity contribution in [2.24, 2.45) is 5.10 Å². The molecule has 2 heterocycles. The molecule has 0 atom stereocenters. The average molecular weight is 332 g/mol. The Hall–Kier alpha value is -2.08. The lowest BCUT2D eigenvalue weighted by Gasteiger charge is -2.07. The SMILES string of the molecule is CCCCNC(=S)N/N=C\c1cc(C)n(Cc2ccco2)c1C. The predicted octanol–water partition coefficient (Wildman–Crippen LogP) is 3.34. The molecular weight excluding hydrogens is 308 g/mol. The topological polar surface area (TPSA) is 54.5 Å². The fraction of sp³-hybridized carbons (Fsp3) is 0.412. The van der Waals surface area contributed by atoms with Gasteiger partial charge in [0.05, 0.1) is 19.0 Å². The molecule has 5 nitrogen and oxygen atoms in total. The maximum Gasteiger partial charge on any atom is 0.186 e. The van der Waals surface area contributed by atoms with Crippen LogP contribution in [0.2, 0.25) is 0 Å². The Kier molecular flexibility index (Phi) is 6.40. The first-order chi connectivity index (χ1) is 11.1. The monoisotopic (exact) mass is 332 g/mol. The third-order valence-electron chi connectivity index (χ3n) is 3.69. The average Bonchev–Trinajstić information content (AvgIpc) is 3.12. The Morgan fingerprint density at radius 1 is 1.43 bits per heavy atom. The van der Waals surface area contributed by atoms with E-state index in [2.05, 4.69) is 47.2 Å². The minimum Gasteiger partial charge on any atom is -0.467 e. The molecule has 0 spiro atoms. The molecular formula is C17H24N4OS. The lowest BCUT2D eigenvalue weighted by atomic mass is 10.3. The van der Waals surface area contributed by atoms with Crippen LogP contribution in [0.25, 0.3) is 0 Å². The third kappa shape index (κ3) is 4.96. The van der Waals surface area contributed by atoms with Crippen LogP contribution < -0.4 is 10.7 Å². The van der Waals surface area contributed by atoms with E-state index in [9.17, 15) is 0 Å². The number of hydrazone groups is 1. The van der Waals surface area contributed by atoms with Gasteiger partial charge in [0.15, 0.2) is 5.11 Å². The summed E-state index contributed by atoms with van der Waals surface area (Å²) in [5, 5.41) is 7.89. The van der Waals surface area contributed by atoms with E-state index >= 15 is 0 Å². The Morgan fingerprint density at radius 3 is 2.96 bits per heavy atom. The van der Waals surface area contributed by atoms with E-state index in [1.165, 1.54) is 5.69 Å². The first-order valence-corrected chi connectivity index (χ1v) is 8.28. The summed E-state index contributed by atoms with van der Waals surface area (Å²) in [6.45, 7) is 7.90. The predicted molar refractivity (Wildman–Crippen MR) is 98.0 cm³/mol. The Bertz CT molecular complexity index is 658. The smallest absolute Gasteiger partial charge is 0.186 e. The van der Waals surface area contributed by atoms with Crippen molar-refractivity contribution in [3.05, 3.63) is 47.2 Å². The molecule has 0 saturated heterocycles. The van der Waals surface area contributed by atoms with Crippen LogP contribution in [0.15, 0.2) is 34.0 Å². The minimum atomic E-state index is 0.555. The highest BCUT2D eigenvalue weighted by Crippen LogP contribution is 2.15. The molecule has 0 radical (unpaired) electrons. The first-order valence-electron chi connectivity index (χ1n) is 7.87. The first kappa shape index (κ1) is 17.3. The summed E-state index contributed by atoms with van der Waals surface area (Å²) < 4.78 is 7.63. The van der Waals surface area contributed by atoms with Crippen LogP contribution >= 0.6 is 12.2 Å². The standard InChI is InChI=1S/C17H24N4OS/c1-4-5-8-18-17(23)20-19-11-15-10-13(2)21(14(15)3)12-16-7-6-9-22-16/h6-7,9-11H,4-5,8,12H2,1-3H3,(H2,18,20,23)/b19-11-. The molecule has 0 amide bonds. The van der Waals surface area contributed by atoms with E-state index in [-0.39, 0.29) is 0 Å². The van der Waals surface area contributed by atoms with Crippen molar-refractivity contribution >= 4 is 23.5 Å². The van der Waals surface area contributed by atoms with Gasteiger partial charge in [-0.25, -0.2) is 0 Å². The molecule has 2 rings (SSSR count). The molecule has 0 aliphatic rings. The second-order valence-corrected chi connectivity index (χ2v) is 5.88. The maximum absolute atomic E-state index is 5.42. The fourth-order valence-electron chi connectivity index (χ4n) is 2.34. The molecule has 23 heavy (non-hydrogen) atoms. The van der Waals surface area contributed by atoms with Gasteiger partial charge in [-0.05, 0) is 50.7 Å². The molecule has 124 valence electrons. The number of hydrogen-bond donors (Lipinski definition) is 2. The summed E-state index contributed by atoms with van der Waals surface area (Å²) in [5.41, 5.74) is 6.24. The highest BCUT2D eigenvalue weighted by atomic mass is 32.1. The summed E-state index contributed by atoms with van der Waals surface area (Å²) in [6.07, 6.45) is 5.73. The number of hydrogen-bond acceptors (Lipinski definition) is 3. The lowest BCUT2D eigenvalue weighted by Crippen LogP contribution is -2.32. The van der Waals surface area contributed by atoms with Gasteiger partial charge in [-0.15, -0.1) is 0 Å². The maximum atomic E-state index is 5.42. The Morgan fingerprint density at radius 2 is 2.26 bits per heavy atom. The van der Waals surface area contributed by atoms with Crippen LogP contribution in [-0.4, -0.2) is 22.4 Å². The molecule has 2 aromatic rings. The lowest BCUT2D eigenvalue weighted by molar-refractivity contribution is 0.489. The number of aryl methyl sites for hydroxylation is 1. The Labute approximate surface area is 142 Å². The molecule has 6 heteroatoms. The van der Waals surface area contributed by atoms with Crippen molar-refractivity contribution in [3.8, 4) is 0 Å². The highest BCUT2D eigenvalue weighted by molar-refractivity contribution is 7.80. The number of rotatable bonds is 7. The van der Waals surface area contributed by atoms with Crippen molar-refractivity contribution in [1.82, 2.24) is 15.3 Å². The summed E-state index contributed by atoms with van der Waals surface area (Å²) in [5.74, 6) is 0.940. The fourth-order valence-corrected chi connectivity index (χ4v) is 2.49. The van der Waals surface area contributed by atoms with Gasteiger partial charge in [-0.1, -0.05) is 13.3 Å². The zero-order valence-corrected chi connectivity index (χ0v) is 14.7. The van der Waals surface area contributed by atoms with E-state index in [1.807, 2.05) is 12.1 Å². The number of furan rings is 1. The van der Waals surface area contributed by atoms with Crippen LogP contribution in [0, 0.1) is 13.8 Å². The molecule has 0 fully saturated rings. The molecule has 2 N–H and O–H groups in total. The minimum absolute atomic E-state index is 0.555. The van der Waals surface area contributed by atoms with E-state index in [0.29, 0.717) is 5.11 Å². The summed E-state index contributed by atoms with van der Waals surface area (Å²) >= 11 is 5.17. The third-order valence-corrected chi connectivity index (χ3v) is 3.93. The van der Waals surface area contributed by atoms with Gasteiger partial charge in [0.25, 0.3) is 0 Å². The molecule has 0 aromatic carbocycles. The highest BCUT2D eigenvalue weighted by Gasteiger charge is 2.09. The second kappa shape index (κ2) is 8.53. The number of nitrogens with one attached hydrogen (secondary N) is 2. The molecule has 0 aliphatic heterocycles. The molecule has 0 unspecified atom stereocenters. The van der Waals surface area contributed by atoms with Crippen LogP contribution in [0.4, 0.5) is 0 Å². The van der Waals surface area contributed by atoms with Crippen LogP contribution in [0.3, 0.4) is 0 Å². The zero-order valence-electron chi connectivity index (χ0n) is 13.9. The van der Waals surface area contributed by atoms with E-state index in [0.717, 1.165) is 42.9 Å². The van der Waals surface area contributed by atoms with Crippen molar-refractivity contribution in [2.45, 2.75) is 40.2 Å².